The van der Waals surface area contributed by atoms with E-state index >= 15 is 0 Å². The fourth-order valence-electron chi connectivity index (χ4n) is 4.48. The molecule has 1 unspecified atom stereocenters. The molecule has 0 aliphatic heterocycles. The van der Waals surface area contributed by atoms with Gasteiger partial charge in [-0.15, -0.1) is 0 Å². The number of fused-ring (bicyclic) bond motifs is 1. The van der Waals surface area contributed by atoms with Gasteiger partial charge in [0.2, 0.25) is 0 Å². The summed E-state index contributed by atoms with van der Waals surface area (Å²) < 4.78 is 11.7. The minimum Gasteiger partial charge on any atom is -0.496 e. The third-order valence-electron chi connectivity index (χ3n) is 6.08. The van der Waals surface area contributed by atoms with Crippen LogP contribution in [-0.2, 0) is 6.42 Å². The first-order chi connectivity index (χ1) is 14.2. The zero-order chi connectivity index (χ0) is 22.1. The average molecular weight is 412 g/mol. The van der Waals surface area contributed by atoms with Crippen LogP contribution in [0.4, 0.5) is 4.79 Å². The van der Waals surface area contributed by atoms with Gasteiger partial charge >= 0.3 is 6.09 Å². The van der Waals surface area contributed by atoms with E-state index in [2.05, 4.69) is 58.1 Å². The first kappa shape index (κ1) is 22.0. The van der Waals surface area contributed by atoms with Gasteiger partial charge in [0.1, 0.15) is 11.5 Å². The molecule has 30 heavy (non-hydrogen) atoms. The third kappa shape index (κ3) is 4.25. The predicted octanol–water partition coefficient (Wildman–Crippen LogP) is 6.05. The van der Waals surface area contributed by atoms with Crippen LogP contribution in [0.1, 0.15) is 61.9 Å². The lowest BCUT2D eigenvalue weighted by atomic mass is 9.70. The molecule has 0 bridgehead atoms. The summed E-state index contributed by atoms with van der Waals surface area (Å²) >= 11 is 0. The number of carboxylic acid groups (broad SMARTS) is 1. The van der Waals surface area contributed by atoms with Crippen LogP contribution in [0.15, 0.2) is 24.3 Å². The van der Waals surface area contributed by atoms with Gasteiger partial charge in [-0.1, -0.05) is 20.8 Å². The Kier molecular flexibility index (Phi) is 6.30. The molecule has 0 spiro atoms. The van der Waals surface area contributed by atoms with Gasteiger partial charge < -0.3 is 19.9 Å². The molecule has 2 aromatic rings. The van der Waals surface area contributed by atoms with E-state index < -0.39 is 6.09 Å². The Balaban J connectivity index is 2.09. The number of methoxy groups -OCH3 is 1. The largest absolute Gasteiger partial charge is 0.496 e. The first-order valence-corrected chi connectivity index (χ1v) is 10.6. The van der Waals surface area contributed by atoms with E-state index in [1.165, 1.54) is 5.56 Å². The minimum absolute atomic E-state index is 0.163. The molecule has 3 rings (SSSR count). The van der Waals surface area contributed by atoms with E-state index in [4.69, 9.17) is 9.47 Å². The molecule has 1 aliphatic rings. The summed E-state index contributed by atoms with van der Waals surface area (Å²) in [4.78, 5) is 11.4. The molecule has 5 nitrogen and oxygen atoms in total. The quantitative estimate of drug-likeness (QED) is 0.607. The van der Waals surface area contributed by atoms with Gasteiger partial charge in [-0.3, -0.25) is 0 Å². The Morgan fingerprint density at radius 1 is 1.20 bits per heavy atom. The maximum absolute atomic E-state index is 11.4. The van der Waals surface area contributed by atoms with E-state index in [9.17, 15) is 9.90 Å². The second-order valence-corrected chi connectivity index (χ2v) is 8.91. The van der Waals surface area contributed by atoms with Crippen molar-refractivity contribution in [2.24, 2.45) is 5.41 Å². The van der Waals surface area contributed by atoms with Crippen molar-refractivity contribution >= 4 is 6.09 Å². The molecular formula is C25H33NO4. The van der Waals surface area contributed by atoms with Crippen molar-refractivity contribution in [3.05, 3.63) is 46.5 Å². The van der Waals surface area contributed by atoms with Gasteiger partial charge in [-0.2, -0.15) is 0 Å². The second-order valence-electron chi connectivity index (χ2n) is 8.91. The number of hydrogen-bond donors (Lipinski definition) is 2. The van der Waals surface area contributed by atoms with E-state index in [0.717, 1.165) is 58.6 Å². The molecule has 5 heteroatoms. The highest BCUT2D eigenvalue weighted by atomic mass is 16.5. The van der Waals surface area contributed by atoms with E-state index in [1.807, 2.05) is 6.07 Å². The van der Waals surface area contributed by atoms with Gasteiger partial charge in [0.15, 0.2) is 0 Å². The van der Waals surface area contributed by atoms with E-state index in [1.54, 1.807) is 7.11 Å². The number of amides is 1. The number of nitrogens with one attached hydrogen (secondary N) is 1. The van der Waals surface area contributed by atoms with Crippen LogP contribution in [0.5, 0.6) is 11.5 Å². The van der Waals surface area contributed by atoms with Crippen LogP contribution in [0.2, 0.25) is 0 Å². The minimum atomic E-state index is -1.00. The zero-order valence-electron chi connectivity index (χ0n) is 18.9. The van der Waals surface area contributed by atoms with Gasteiger partial charge in [-0.05, 0) is 90.6 Å². The van der Waals surface area contributed by atoms with Gasteiger partial charge in [0, 0.05) is 5.56 Å². The normalized spacial score (nSPS) is 17.2. The highest BCUT2D eigenvalue weighted by molar-refractivity contribution is 5.75. The molecule has 0 aromatic heterocycles. The fraction of sp³-hybridized carbons (Fsp3) is 0.480. The number of hydrogen-bond acceptors (Lipinski definition) is 3. The smallest absolute Gasteiger partial charge is 0.405 e. The van der Waals surface area contributed by atoms with E-state index in [0.29, 0.717) is 6.61 Å². The Bertz CT molecular complexity index is 925. The lowest BCUT2D eigenvalue weighted by Crippen LogP contribution is -2.40. The lowest BCUT2D eigenvalue weighted by Gasteiger charge is -2.40. The summed E-state index contributed by atoms with van der Waals surface area (Å²) in [6.45, 7) is 11.2. The molecule has 0 saturated carbocycles. The Morgan fingerprint density at radius 3 is 2.43 bits per heavy atom. The maximum Gasteiger partial charge on any atom is 0.405 e. The molecule has 0 fully saturated rings. The number of rotatable bonds is 6. The molecule has 2 aromatic carbocycles. The summed E-state index contributed by atoms with van der Waals surface area (Å²) in [7, 11) is 1.66. The molecule has 1 amide bonds. The molecular weight excluding hydrogens is 378 g/mol. The number of aryl methyl sites for hydroxylation is 3. The first-order valence-electron chi connectivity index (χ1n) is 10.6. The molecule has 0 radical (unpaired) electrons. The zero-order valence-corrected chi connectivity index (χ0v) is 18.9. The second kappa shape index (κ2) is 8.58. The van der Waals surface area contributed by atoms with Crippen molar-refractivity contribution < 1.29 is 19.4 Å². The Labute approximate surface area is 179 Å². The molecule has 2 N–H and O–H groups in total. The highest BCUT2D eigenvalue weighted by Gasteiger charge is 2.37. The van der Waals surface area contributed by atoms with Crippen molar-refractivity contribution in [2.45, 2.75) is 59.9 Å². The summed E-state index contributed by atoms with van der Waals surface area (Å²) in [5.41, 5.74) is 6.33. The van der Waals surface area contributed by atoms with Crippen molar-refractivity contribution in [1.82, 2.24) is 5.32 Å². The highest BCUT2D eigenvalue weighted by Crippen LogP contribution is 2.47. The number of carbonyl (C=O) groups is 1. The topological polar surface area (TPSA) is 67.8 Å². The van der Waals surface area contributed by atoms with Gasteiger partial charge in [0.05, 0.1) is 19.8 Å². The third-order valence-corrected chi connectivity index (χ3v) is 6.08. The Morgan fingerprint density at radius 2 is 1.87 bits per heavy atom. The van der Waals surface area contributed by atoms with Crippen LogP contribution in [0.25, 0.3) is 11.1 Å². The summed E-state index contributed by atoms with van der Waals surface area (Å²) in [5.74, 6) is 1.70. The van der Waals surface area contributed by atoms with Crippen molar-refractivity contribution in [1.29, 1.82) is 0 Å². The molecule has 0 heterocycles. The summed E-state index contributed by atoms with van der Waals surface area (Å²) in [6, 6.07) is 8.19. The fourth-order valence-corrected chi connectivity index (χ4v) is 4.48. The van der Waals surface area contributed by atoms with Gasteiger partial charge in [0.25, 0.3) is 0 Å². The van der Waals surface area contributed by atoms with Crippen LogP contribution >= 0.6 is 0 Å². The maximum atomic E-state index is 11.4. The number of ether oxygens (including phenoxy) is 2. The Hall–Kier alpha value is -2.69. The van der Waals surface area contributed by atoms with Crippen molar-refractivity contribution in [2.75, 3.05) is 13.7 Å². The standard InChI is InChI=1S/C25H33NO4/c1-7-10-30-22-15(2)11-18(12-16(22)3)19-13-17-8-9-25(4,5)23(26-24(27)28)20(17)14-21(19)29-6/h11-14,23,26H,7-10H2,1-6H3,(H,27,28). The van der Waals surface area contributed by atoms with Crippen LogP contribution in [0, 0.1) is 19.3 Å². The predicted molar refractivity (Wildman–Crippen MR) is 120 cm³/mol. The van der Waals surface area contributed by atoms with Crippen molar-refractivity contribution in [3.63, 3.8) is 0 Å². The van der Waals surface area contributed by atoms with Crippen LogP contribution < -0.4 is 14.8 Å². The van der Waals surface area contributed by atoms with Crippen LogP contribution in [0.3, 0.4) is 0 Å². The van der Waals surface area contributed by atoms with Crippen LogP contribution in [-0.4, -0.2) is 24.9 Å². The summed E-state index contributed by atoms with van der Waals surface area (Å²) in [6.07, 6.45) is 1.80. The molecule has 0 saturated heterocycles. The number of benzene rings is 2. The molecule has 162 valence electrons. The molecule has 1 aliphatic carbocycles. The monoisotopic (exact) mass is 411 g/mol. The SMILES string of the molecule is CCCOc1c(C)cc(-c2cc3c(cc2OC)C(NC(=O)O)C(C)(C)CC3)cc1C. The summed E-state index contributed by atoms with van der Waals surface area (Å²) in [5, 5.41) is 12.1. The van der Waals surface area contributed by atoms with E-state index in [-0.39, 0.29) is 11.5 Å². The van der Waals surface area contributed by atoms with Crippen molar-refractivity contribution in [3.8, 4) is 22.6 Å². The lowest BCUT2D eigenvalue weighted by molar-refractivity contribution is 0.161. The molecule has 1 atom stereocenters. The average Bonchev–Trinajstić information content (AvgIpc) is 2.68. The van der Waals surface area contributed by atoms with Gasteiger partial charge in [-0.25, -0.2) is 4.79 Å².